The molecule has 2 saturated carbocycles. The molecule has 0 saturated heterocycles. The maximum absolute atomic E-state index is 11.5. The van der Waals surface area contributed by atoms with Crippen LogP contribution in [0, 0.1) is 5.92 Å². The first-order chi connectivity index (χ1) is 18.6. The van der Waals surface area contributed by atoms with E-state index in [-0.39, 0.29) is 12.3 Å². The van der Waals surface area contributed by atoms with Crippen LogP contribution in [0.4, 0.5) is 0 Å². The van der Waals surface area contributed by atoms with E-state index in [0.29, 0.717) is 18.4 Å². The summed E-state index contributed by atoms with van der Waals surface area (Å²) in [5, 5.41) is 9.45. The fraction of sp³-hybridized carbons (Fsp3) is 0.441. The van der Waals surface area contributed by atoms with E-state index in [9.17, 15) is 9.90 Å². The number of carbonyl (C=O) groups is 1. The van der Waals surface area contributed by atoms with E-state index in [1.165, 1.54) is 73.6 Å². The van der Waals surface area contributed by atoms with Crippen molar-refractivity contribution in [2.75, 3.05) is 7.11 Å². The van der Waals surface area contributed by atoms with Gasteiger partial charge in [0.2, 0.25) is 0 Å². The van der Waals surface area contributed by atoms with E-state index in [0.717, 1.165) is 23.5 Å². The van der Waals surface area contributed by atoms with Gasteiger partial charge in [0.15, 0.2) is 0 Å². The van der Waals surface area contributed by atoms with Gasteiger partial charge in [-0.15, -0.1) is 0 Å². The lowest BCUT2D eigenvalue weighted by Crippen LogP contribution is -2.08. The Labute approximate surface area is 227 Å². The topological polar surface area (TPSA) is 55.8 Å². The van der Waals surface area contributed by atoms with E-state index in [1.54, 1.807) is 7.11 Å². The third kappa shape index (κ3) is 6.98. The second-order valence-corrected chi connectivity index (χ2v) is 11.2. The largest absolute Gasteiger partial charge is 0.497 e. The molecule has 0 spiro atoms. The fourth-order valence-electron chi connectivity index (χ4n) is 6.01. The normalized spacial score (nSPS) is 17.0. The molecule has 0 aliphatic heterocycles. The molecule has 3 aromatic carbocycles. The highest BCUT2D eigenvalue weighted by atomic mass is 16.5. The van der Waals surface area contributed by atoms with E-state index >= 15 is 0 Å². The molecule has 2 fully saturated rings. The molecule has 1 N–H and O–H groups in total. The molecule has 1 atom stereocenters. The van der Waals surface area contributed by atoms with Crippen molar-refractivity contribution in [3.63, 3.8) is 0 Å². The number of carboxylic acid groups (broad SMARTS) is 1. The summed E-state index contributed by atoms with van der Waals surface area (Å²) < 4.78 is 11.8. The lowest BCUT2D eigenvalue weighted by Gasteiger charge is -2.21. The predicted octanol–water partition coefficient (Wildman–Crippen LogP) is 8.74. The number of aliphatic carboxylic acids is 1. The van der Waals surface area contributed by atoms with Gasteiger partial charge in [0, 0.05) is 0 Å². The van der Waals surface area contributed by atoms with Gasteiger partial charge in [-0.1, -0.05) is 81.0 Å². The van der Waals surface area contributed by atoms with Crippen molar-refractivity contribution >= 4 is 5.97 Å². The predicted molar refractivity (Wildman–Crippen MR) is 152 cm³/mol. The number of hydrogen-bond donors (Lipinski definition) is 1. The van der Waals surface area contributed by atoms with Gasteiger partial charge in [-0.3, -0.25) is 4.79 Å². The Bertz CT molecular complexity index is 1220. The number of carboxylic acids is 1. The summed E-state index contributed by atoms with van der Waals surface area (Å²) in [6.07, 6.45) is 11.3. The van der Waals surface area contributed by atoms with Crippen molar-refractivity contribution in [3.8, 4) is 22.6 Å². The highest BCUT2D eigenvalue weighted by Gasteiger charge is 2.28. The summed E-state index contributed by atoms with van der Waals surface area (Å²) in [5.41, 5.74) is 6.15. The first-order valence-corrected chi connectivity index (χ1v) is 14.3. The van der Waals surface area contributed by atoms with Crippen LogP contribution in [0.25, 0.3) is 11.1 Å². The van der Waals surface area contributed by atoms with Gasteiger partial charge >= 0.3 is 5.97 Å². The molecular formula is C34H40O4. The molecule has 5 rings (SSSR count). The van der Waals surface area contributed by atoms with Crippen LogP contribution in [0.3, 0.4) is 0 Å². The third-order valence-electron chi connectivity index (χ3n) is 8.26. The molecule has 0 aromatic heterocycles. The van der Waals surface area contributed by atoms with Crippen molar-refractivity contribution in [3.05, 3.63) is 83.4 Å². The zero-order valence-electron chi connectivity index (χ0n) is 22.5. The van der Waals surface area contributed by atoms with Crippen LogP contribution in [0.5, 0.6) is 11.5 Å². The molecule has 2 aliphatic carbocycles. The van der Waals surface area contributed by atoms with Gasteiger partial charge < -0.3 is 14.6 Å². The number of hydrogen-bond acceptors (Lipinski definition) is 3. The Kier molecular flexibility index (Phi) is 8.68. The lowest BCUT2D eigenvalue weighted by molar-refractivity contribution is -0.137. The molecular weight excluding hydrogens is 472 g/mol. The van der Waals surface area contributed by atoms with Gasteiger partial charge in [0.1, 0.15) is 18.1 Å². The smallest absolute Gasteiger partial charge is 0.303 e. The first kappa shape index (κ1) is 26.3. The van der Waals surface area contributed by atoms with Gasteiger partial charge in [-0.05, 0) is 89.1 Å². The minimum absolute atomic E-state index is 0.0486. The quantitative estimate of drug-likeness (QED) is 0.261. The van der Waals surface area contributed by atoms with Crippen LogP contribution in [0.2, 0.25) is 0 Å². The zero-order chi connectivity index (χ0) is 26.3. The summed E-state index contributed by atoms with van der Waals surface area (Å²) in [5.74, 6) is 2.23. The molecule has 0 bridgehead atoms. The number of benzene rings is 3. The molecule has 0 amide bonds. The van der Waals surface area contributed by atoms with Crippen molar-refractivity contribution < 1.29 is 19.4 Å². The molecule has 200 valence electrons. The second-order valence-electron chi connectivity index (χ2n) is 11.2. The standard InChI is InChI=1S/C34H40O4/c1-37-30-12-7-11-28(21-30)32-17-16-25(19-33(32)26-8-4-2-3-5-9-26)23-38-31-13-6-10-27(20-31)29(22-34(35)36)18-24-14-15-24/h6-7,10-13,16-17,19-21,24,26,29H,2-5,8-9,14-15,18,22-23H2,1H3,(H,35,36)/t29-/m0/s1. The molecule has 3 aromatic rings. The Hall–Kier alpha value is -3.27. The van der Waals surface area contributed by atoms with Crippen LogP contribution in [-0.2, 0) is 11.4 Å². The Balaban J connectivity index is 1.37. The van der Waals surface area contributed by atoms with Crippen LogP contribution in [0.15, 0.2) is 66.7 Å². The Morgan fingerprint density at radius 3 is 2.39 bits per heavy atom. The number of rotatable bonds is 11. The average molecular weight is 513 g/mol. The molecule has 38 heavy (non-hydrogen) atoms. The van der Waals surface area contributed by atoms with E-state index in [1.807, 2.05) is 24.3 Å². The molecule has 0 radical (unpaired) electrons. The monoisotopic (exact) mass is 512 g/mol. The summed E-state index contributed by atoms with van der Waals surface area (Å²) >= 11 is 0. The van der Waals surface area contributed by atoms with Gasteiger partial charge in [-0.2, -0.15) is 0 Å². The fourth-order valence-corrected chi connectivity index (χ4v) is 6.01. The van der Waals surface area contributed by atoms with E-state index < -0.39 is 5.97 Å². The van der Waals surface area contributed by atoms with Crippen LogP contribution in [0.1, 0.15) is 92.7 Å². The summed E-state index contributed by atoms with van der Waals surface area (Å²) in [7, 11) is 1.72. The number of ether oxygens (including phenoxy) is 2. The summed E-state index contributed by atoms with van der Waals surface area (Å²) in [4.78, 5) is 11.5. The van der Waals surface area contributed by atoms with Gasteiger partial charge in [-0.25, -0.2) is 0 Å². The second kappa shape index (κ2) is 12.5. The highest BCUT2D eigenvalue weighted by Crippen LogP contribution is 2.41. The third-order valence-corrected chi connectivity index (χ3v) is 8.26. The highest BCUT2D eigenvalue weighted by molar-refractivity contribution is 5.70. The average Bonchev–Trinajstić information content (AvgIpc) is 3.79. The van der Waals surface area contributed by atoms with Crippen molar-refractivity contribution in [1.82, 2.24) is 0 Å². The van der Waals surface area contributed by atoms with E-state index in [4.69, 9.17) is 9.47 Å². The van der Waals surface area contributed by atoms with Crippen LogP contribution < -0.4 is 9.47 Å². The Morgan fingerprint density at radius 1 is 0.895 bits per heavy atom. The maximum Gasteiger partial charge on any atom is 0.303 e. The van der Waals surface area contributed by atoms with Gasteiger partial charge in [0.25, 0.3) is 0 Å². The van der Waals surface area contributed by atoms with Crippen molar-refractivity contribution in [1.29, 1.82) is 0 Å². The van der Waals surface area contributed by atoms with Crippen LogP contribution in [-0.4, -0.2) is 18.2 Å². The minimum atomic E-state index is -0.732. The molecule has 0 unspecified atom stereocenters. The van der Waals surface area contributed by atoms with Crippen molar-refractivity contribution in [2.45, 2.75) is 82.7 Å². The summed E-state index contributed by atoms with van der Waals surface area (Å²) in [6.45, 7) is 0.494. The summed E-state index contributed by atoms with van der Waals surface area (Å²) in [6, 6.07) is 23.2. The van der Waals surface area contributed by atoms with E-state index in [2.05, 4.69) is 42.5 Å². The molecule has 4 nitrogen and oxygen atoms in total. The lowest BCUT2D eigenvalue weighted by atomic mass is 9.85. The maximum atomic E-state index is 11.5. The SMILES string of the molecule is COc1cccc(-c2ccc(COc3cccc([C@H](CC(=O)O)CC4CC4)c3)cc2C2CCCCCC2)c1. The molecule has 0 heterocycles. The van der Waals surface area contributed by atoms with Crippen LogP contribution >= 0.6 is 0 Å². The van der Waals surface area contributed by atoms with Gasteiger partial charge in [0.05, 0.1) is 13.5 Å². The minimum Gasteiger partial charge on any atom is -0.497 e. The Morgan fingerprint density at radius 2 is 1.66 bits per heavy atom. The molecule has 2 aliphatic rings. The zero-order valence-corrected chi connectivity index (χ0v) is 22.5. The first-order valence-electron chi connectivity index (χ1n) is 14.3. The molecule has 4 heteroatoms. The van der Waals surface area contributed by atoms with Crippen molar-refractivity contribution in [2.24, 2.45) is 5.92 Å². The number of methoxy groups -OCH3 is 1.